The summed E-state index contributed by atoms with van der Waals surface area (Å²) in [6, 6.07) is 0.479. The van der Waals surface area contributed by atoms with Gasteiger partial charge in [-0.15, -0.1) is 0 Å². The average molecular weight is 277 g/mol. The number of fused-ring (bicyclic) bond motifs is 3. The lowest BCUT2D eigenvalue weighted by molar-refractivity contribution is -0.0749. The second-order valence-corrected chi connectivity index (χ2v) is 8.91. The van der Waals surface area contributed by atoms with Crippen LogP contribution in [0.3, 0.4) is 0 Å². The van der Waals surface area contributed by atoms with Gasteiger partial charge >= 0.3 is 0 Å². The molecule has 1 nitrogen and oxygen atoms in total. The maximum absolute atomic E-state index is 6.52. The van der Waals surface area contributed by atoms with E-state index < -0.39 is 0 Å². The van der Waals surface area contributed by atoms with E-state index in [-0.39, 0.29) is 0 Å². The minimum absolute atomic E-state index is 0.479. The third-order valence-corrected chi connectivity index (χ3v) is 7.59. The Morgan fingerprint density at radius 1 is 1.10 bits per heavy atom. The summed E-state index contributed by atoms with van der Waals surface area (Å²) in [6.45, 7) is 9.92. The number of hydrogen-bond donors (Lipinski definition) is 1. The van der Waals surface area contributed by atoms with Gasteiger partial charge in [-0.1, -0.05) is 47.0 Å². The first kappa shape index (κ1) is 14.9. The number of hydrogen-bond acceptors (Lipinski definition) is 1. The van der Waals surface area contributed by atoms with Gasteiger partial charge in [0.1, 0.15) is 0 Å². The van der Waals surface area contributed by atoms with E-state index in [9.17, 15) is 0 Å². The first-order valence-corrected chi connectivity index (χ1v) is 9.21. The van der Waals surface area contributed by atoms with Gasteiger partial charge in [0, 0.05) is 6.04 Å². The van der Waals surface area contributed by atoms with E-state index in [1.807, 2.05) is 0 Å². The fraction of sp³-hybridized carbons (Fsp3) is 1.00. The zero-order valence-electron chi connectivity index (χ0n) is 14.1. The fourth-order valence-corrected chi connectivity index (χ4v) is 6.80. The molecule has 7 unspecified atom stereocenters. The Morgan fingerprint density at radius 3 is 2.50 bits per heavy atom. The van der Waals surface area contributed by atoms with Crippen LogP contribution in [0, 0.1) is 34.5 Å². The molecule has 3 saturated carbocycles. The lowest BCUT2D eigenvalue weighted by atomic mass is 9.48. The molecular formula is C19H35N. The Labute approximate surface area is 126 Å². The third kappa shape index (κ3) is 1.99. The zero-order chi connectivity index (χ0) is 14.5. The summed E-state index contributed by atoms with van der Waals surface area (Å²) in [4.78, 5) is 0. The molecule has 0 radical (unpaired) electrons. The molecule has 3 aliphatic carbocycles. The molecule has 7 atom stereocenters. The standard InChI is InChI=1S/C19H35N/c1-5-7-9-18(3)11-13-12-19(4)10-8-15(20)14(6-2)17(19)16(13)18/h13-17H,5-12,20H2,1-4H3. The van der Waals surface area contributed by atoms with E-state index in [2.05, 4.69) is 27.7 Å². The van der Waals surface area contributed by atoms with Crippen molar-refractivity contribution >= 4 is 0 Å². The van der Waals surface area contributed by atoms with Gasteiger partial charge in [-0.05, 0) is 66.6 Å². The minimum atomic E-state index is 0.479. The number of nitrogens with two attached hydrogens (primary N) is 1. The van der Waals surface area contributed by atoms with Crippen LogP contribution in [0.5, 0.6) is 0 Å². The molecule has 20 heavy (non-hydrogen) atoms. The molecule has 2 N–H and O–H groups in total. The van der Waals surface area contributed by atoms with Crippen molar-refractivity contribution in [3.63, 3.8) is 0 Å². The molecule has 0 spiro atoms. The Bertz CT molecular complexity index is 365. The molecule has 116 valence electrons. The van der Waals surface area contributed by atoms with Crippen LogP contribution >= 0.6 is 0 Å². The van der Waals surface area contributed by atoms with E-state index in [4.69, 9.17) is 5.73 Å². The number of unbranched alkanes of at least 4 members (excludes halogenated alkanes) is 1. The summed E-state index contributed by atoms with van der Waals surface area (Å²) >= 11 is 0. The van der Waals surface area contributed by atoms with E-state index in [1.54, 1.807) is 0 Å². The highest BCUT2D eigenvalue weighted by Crippen LogP contribution is 2.72. The van der Waals surface area contributed by atoms with Crippen LogP contribution in [-0.2, 0) is 0 Å². The van der Waals surface area contributed by atoms with Gasteiger partial charge in [0.25, 0.3) is 0 Å². The fourth-order valence-electron chi connectivity index (χ4n) is 6.80. The van der Waals surface area contributed by atoms with Gasteiger partial charge in [0.2, 0.25) is 0 Å². The highest BCUT2D eigenvalue weighted by molar-refractivity contribution is 5.15. The first-order chi connectivity index (χ1) is 9.45. The monoisotopic (exact) mass is 277 g/mol. The van der Waals surface area contributed by atoms with Crippen molar-refractivity contribution in [1.82, 2.24) is 0 Å². The molecule has 0 aromatic heterocycles. The molecule has 0 aliphatic heterocycles. The van der Waals surface area contributed by atoms with Crippen LogP contribution in [0.15, 0.2) is 0 Å². The number of rotatable bonds is 4. The summed E-state index contributed by atoms with van der Waals surface area (Å²) in [6.07, 6.45) is 11.2. The zero-order valence-corrected chi connectivity index (χ0v) is 14.1. The van der Waals surface area contributed by atoms with Crippen LogP contribution in [-0.4, -0.2) is 6.04 Å². The Kier molecular flexibility index (Phi) is 3.72. The summed E-state index contributed by atoms with van der Waals surface area (Å²) in [7, 11) is 0. The summed E-state index contributed by atoms with van der Waals surface area (Å²) in [5.74, 6) is 3.75. The smallest absolute Gasteiger partial charge is 0.00702 e. The van der Waals surface area contributed by atoms with E-state index >= 15 is 0 Å². The average Bonchev–Trinajstić information content (AvgIpc) is 2.65. The quantitative estimate of drug-likeness (QED) is 0.769. The molecule has 3 rings (SSSR count). The molecule has 0 amide bonds. The molecule has 0 bridgehead atoms. The molecular weight excluding hydrogens is 242 g/mol. The topological polar surface area (TPSA) is 26.0 Å². The minimum Gasteiger partial charge on any atom is -0.327 e. The van der Waals surface area contributed by atoms with E-state index in [0.29, 0.717) is 16.9 Å². The lowest BCUT2D eigenvalue weighted by Gasteiger charge is -2.57. The van der Waals surface area contributed by atoms with Crippen LogP contribution in [0.25, 0.3) is 0 Å². The maximum Gasteiger partial charge on any atom is 0.00702 e. The van der Waals surface area contributed by atoms with Gasteiger partial charge in [0.05, 0.1) is 0 Å². The van der Waals surface area contributed by atoms with Gasteiger partial charge in [-0.2, -0.15) is 0 Å². The van der Waals surface area contributed by atoms with Crippen molar-refractivity contribution in [2.75, 3.05) is 0 Å². The van der Waals surface area contributed by atoms with Crippen molar-refractivity contribution in [2.24, 2.45) is 40.2 Å². The normalized spacial score (nSPS) is 54.1. The van der Waals surface area contributed by atoms with Crippen LogP contribution in [0.1, 0.15) is 79.1 Å². The molecule has 0 saturated heterocycles. The molecule has 0 aromatic rings. The Balaban J connectivity index is 1.85. The largest absolute Gasteiger partial charge is 0.327 e. The highest BCUT2D eigenvalue weighted by Gasteiger charge is 2.65. The Hall–Kier alpha value is -0.0400. The molecule has 3 fully saturated rings. The molecule has 1 heteroatoms. The third-order valence-electron chi connectivity index (χ3n) is 7.59. The van der Waals surface area contributed by atoms with E-state index in [1.165, 1.54) is 51.4 Å². The summed E-state index contributed by atoms with van der Waals surface area (Å²) in [5.41, 5.74) is 7.79. The highest BCUT2D eigenvalue weighted by atomic mass is 14.8. The predicted molar refractivity (Wildman–Crippen MR) is 86.4 cm³/mol. The van der Waals surface area contributed by atoms with Gasteiger partial charge in [-0.3, -0.25) is 0 Å². The summed E-state index contributed by atoms with van der Waals surface area (Å²) in [5, 5.41) is 0. The lowest BCUT2D eigenvalue weighted by Crippen LogP contribution is -2.53. The maximum atomic E-state index is 6.52. The van der Waals surface area contributed by atoms with Crippen LogP contribution in [0.4, 0.5) is 0 Å². The van der Waals surface area contributed by atoms with Crippen molar-refractivity contribution < 1.29 is 0 Å². The summed E-state index contributed by atoms with van der Waals surface area (Å²) < 4.78 is 0. The molecule has 3 aliphatic rings. The van der Waals surface area contributed by atoms with Gasteiger partial charge < -0.3 is 5.73 Å². The van der Waals surface area contributed by atoms with E-state index in [0.717, 1.165) is 23.7 Å². The van der Waals surface area contributed by atoms with Crippen LogP contribution in [0.2, 0.25) is 0 Å². The first-order valence-electron chi connectivity index (χ1n) is 9.21. The predicted octanol–water partition coefficient (Wildman–Crippen LogP) is 4.99. The van der Waals surface area contributed by atoms with Crippen molar-refractivity contribution in [1.29, 1.82) is 0 Å². The molecule has 0 heterocycles. The van der Waals surface area contributed by atoms with Crippen molar-refractivity contribution in [2.45, 2.75) is 85.1 Å². The second-order valence-electron chi connectivity index (χ2n) is 8.91. The molecule has 0 aromatic carbocycles. The van der Waals surface area contributed by atoms with Gasteiger partial charge in [-0.25, -0.2) is 0 Å². The second kappa shape index (κ2) is 5.00. The van der Waals surface area contributed by atoms with Crippen molar-refractivity contribution in [3.8, 4) is 0 Å². The SMILES string of the molecule is CCCCC1(C)CC2CC3(C)CCC(N)C(CC)C3C21. The van der Waals surface area contributed by atoms with Gasteiger partial charge in [0.15, 0.2) is 0 Å². The van der Waals surface area contributed by atoms with Crippen LogP contribution < -0.4 is 5.73 Å². The van der Waals surface area contributed by atoms with Crippen molar-refractivity contribution in [3.05, 3.63) is 0 Å². The Morgan fingerprint density at radius 2 is 1.85 bits per heavy atom.